The van der Waals surface area contributed by atoms with E-state index in [4.69, 9.17) is 4.74 Å². The van der Waals surface area contributed by atoms with Gasteiger partial charge in [-0.25, -0.2) is 9.59 Å². The van der Waals surface area contributed by atoms with E-state index in [1.165, 1.54) is 36.1 Å². The van der Waals surface area contributed by atoms with Crippen LogP contribution < -0.4 is 10.0 Å². The summed E-state index contributed by atoms with van der Waals surface area (Å²) in [5.74, 6) is 0. The zero-order valence-electron chi connectivity index (χ0n) is 13.7. The van der Waals surface area contributed by atoms with Gasteiger partial charge in [0, 0.05) is 19.3 Å². The molecule has 1 saturated carbocycles. The van der Waals surface area contributed by atoms with E-state index < -0.39 is 12.1 Å². The number of ether oxygens (including phenoxy) is 1. The average molecular weight is 330 g/mol. The number of hydrogen-bond donors (Lipinski definition) is 2. The van der Waals surface area contributed by atoms with Gasteiger partial charge >= 0.3 is 18.1 Å². The van der Waals surface area contributed by atoms with Crippen LogP contribution in [0.5, 0.6) is 0 Å². The van der Waals surface area contributed by atoms with Gasteiger partial charge in [0.15, 0.2) is 0 Å². The molecule has 1 aliphatic rings. The molecule has 7 nitrogen and oxygen atoms in total. The largest absolute Gasteiger partial charge is 0.462 e. The Hall–Kier alpha value is -1.44. The summed E-state index contributed by atoms with van der Waals surface area (Å²) in [7, 11) is 3.16. The highest BCUT2D eigenvalue weighted by molar-refractivity contribution is 7.98. The Morgan fingerprint density at radius 2 is 1.86 bits per heavy atom. The normalized spacial score (nSPS) is 16.3. The fraction of sp³-hybridized carbons (Fsp3) is 0.786. The van der Waals surface area contributed by atoms with Crippen LogP contribution in [0, 0.1) is 0 Å². The third-order valence-electron chi connectivity index (χ3n) is 3.02. The van der Waals surface area contributed by atoms with Crippen molar-refractivity contribution in [1.29, 1.82) is 0 Å². The molecule has 0 atom stereocenters. The van der Waals surface area contributed by atoms with E-state index >= 15 is 0 Å². The first-order chi connectivity index (χ1) is 10.4. The number of rotatable bonds is 3. The number of urea groups is 2. The molecule has 4 amide bonds. The number of aliphatic imine (C=N–C) groups is 1. The molecule has 0 saturated heterocycles. The summed E-state index contributed by atoms with van der Waals surface area (Å²) in [4.78, 5) is 28.6. The van der Waals surface area contributed by atoms with Crippen molar-refractivity contribution in [2.75, 3.05) is 14.1 Å². The lowest BCUT2D eigenvalue weighted by Gasteiger charge is -2.21. The molecule has 2 N–H and O–H groups in total. The molecule has 1 fully saturated rings. The number of carbonyl (C=O) groups is 2. The van der Waals surface area contributed by atoms with Crippen LogP contribution in [0.25, 0.3) is 0 Å². The summed E-state index contributed by atoms with van der Waals surface area (Å²) in [5, 5.41) is 2.94. The maximum atomic E-state index is 11.9. The molecule has 0 heterocycles. The average Bonchev–Trinajstić information content (AvgIpc) is 2.45. The zero-order valence-corrected chi connectivity index (χ0v) is 14.5. The lowest BCUT2D eigenvalue weighted by Crippen LogP contribution is -2.40. The summed E-state index contributed by atoms with van der Waals surface area (Å²) in [6, 6.07) is -1.01. The van der Waals surface area contributed by atoms with Gasteiger partial charge in [-0.15, -0.1) is 4.99 Å². The maximum absolute atomic E-state index is 11.9. The Balaban J connectivity index is 2.49. The summed E-state index contributed by atoms with van der Waals surface area (Å²) in [5.41, 5.74) is 0. The SMILES string of the molecule is CC(C)OC(=NC(=O)N(C)C)NC(=O)NSC1CCCCC1. The molecule has 1 aliphatic carbocycles. The summed E-state index contributed by atoms with van der Waals surface area (Å²) in [6.07, 6.45) is 5.74. The van der Waals surface area contributed by atoms with Gasteiger partial charge in [0.2, 0.25) is 0 Å². The third-order valence-corrected chi connectivity index (χ3v) is 4.13. The Labute approximate surface area is 136 Å². The number of nitrogens with one attached hydrogen (secondary N) is 2. The first-order valence-electron chi connectivity index (χ1n) is 7.57. The highest BCUT2D eigenvalue weighted by atomic mass is 32.2. The molecule has 22 heavy (non-hydrogen) atoms. The van der Waals surface area contributed by atoms with Gasteiger partial charge in [-0.3, -0.25) is 10.0 Å². The van der Waals surface area contributed by atoms with Crippen LogP contribution in [0.1, 0.15) is 46.0 Å². The second-order valence-electron chi connectivity index (χ2n) is 5.69. The molecule has 8 heteroatoms. The fourth-order valence-corrected chi connectivity index (χ4v) is 2.83. The molecule has 0 bridgehead atoms. The van der Waals surface area contributed by atoms with Crippen LogP contribution in [-0.4, -0.2) is 48.4 Å². The Bertz CT molecular complexity index is 407. The van der Waals surface area contributed by atoms with Crippen molar-refractivity contribution in [3.05, 3.63) is 0 Å². The zero-order chi connectivity index (χ0) is 16.5. The first kappa shape index (κ1) is 18.6. The third kappa shape index (κ3) is 7.53. The van der Waals surface area contributed by atoms with Crippen molar-refractivity contribution in [2.24, 2.45) is 4.99 Å². The number of amidine groups is 1. The van der Waals surface area contributed by atoms with Crippen LogP contribution in [0.2, 0.25) is 0 Å². The van der Waals surface area contributed by atoms with E-state index in [0.29, 0.717) is 5.25 Å². The Morgan fingerprint density at radius 1 is 1.23 bits per heavy atom. The molecule has 0 aromatic rings. The predicted molar refractivity (Wildman–Crippen MR) is 88.9 cm³/mol. The molecule has 0 aromatic carbocycles. The van der Waals surface area contributed by atoms with Crippen LogP contribution in [-0.2, 0) is 4.74 Å². The molecule has 1 rings (SSSR count). The number of amides is 4. The van der Waals surface area contributed by atoms with Crippen molar-refractivity contribution in [3.63, 3.8) is 0 Å². The lowest BCUT2D eigenvalue weighted by molar-refractivity contribution is 0.206. The second kappa shape index (κ2) is 9.55. The minimum Gasteiger partial charge on any atom is -0.462 e. The smallest absolute Gasteiger partial charge is 0.347 e. The van der Waals surface area contributed by atoms with Crippen LogP contribution in [0.15, 0.2) is 4.99 Å². The lowest BCUT2D eigenvalue weighted by atomic mass is 10.0. The Morgan fingerprint density at radius 3 is 2.41 bits per heavy atom. The Kier molecular flexibility index (Phi) is 8.08. The predicted octanol–water partition coefficient (Wildman–Crippen LogP) is 2.73. The van der Waals surface area contributed by atoms with Gasteiger partial charge in [-0.1, -0.05) is 19.3 Å². The molecule has 0 aliphatic heterocycles. The molecule has 0 spiro atoms. The molecule has 0 unspecified atom stereocenters. The van der Waals surface area contributed by atoms with Crippen LogP contribution >= 0.6 is 11.9 Å². The van der Waals surface area contributed by atoms with Gasteiger partial charge in [0.25, 0.3) is 0 Å². The van der Waals surface area contributed by atoms with Gasteiger partial charge in [0.05, 0.1) is 6.10 Å². The topological polar surface area (TPSA) is 83.0 Å². The summed E-state index contributed by atoms with van der Waals surface area (Å²) in [6.45, 7) is 3.60. The van der Waals surface area contributed by atoms with Crippen molar-refractivity contribution in [3.8, 4) is 0 Å². The highest BCUT2D eigenvalue weighted by Gasteiger charge is 2.17. The van der Waals surface area contributed by atoms with Gasteiger partial charge in [0.1, 0.15) is 0 Å². The molecule has 126 valence electrons. The van der Waals surface area contributed by atoms with E-state index in [1.807, 2.05) is 0 Å². The fourth-order valence-electron chi connectivity index (χ4n) is 1.94. The molecule has 0 aromatic heterocycles. The van der Waals surface area contributed by atoms with Crippen molar-refractivity contribution >= 4 is 30.0 Å². The summed E-state index contributed by atoms with van der Waals surface area (Å²) >= 11 is 1.42. The van der Waals surface area contributed by atoms with E-state index in [-0.39, 0.29) is 12.1 Å². The van der Waals surface area contributed by atoms with Gasteiger partial charge in [-0.05, 0) is 38.6 Å². The molecule has 0 radical (unpaired) electrons. The number of carbonyl (C=O) groups excluding carboxylic acids is 2. The molecular weight excluding hydrogens is 304 g/mol. The van der Waals surface area contributed by atoms with Crippen molar-refractivity contribution in [2.45, 2.75) is 57.3 Å². The summed E-state index contributed by atoms with van der Waals surface area (Å²) < 4.78 is 8.09. The van der Waals surface area contributed by atoms with Crippen LogP contribution in [0.3, 0.4) is 0 Å². The first-order valence-corrected chi connectivity index (χ1v) is 8.45. The van der Waals surface area contributed by atoms with Gasteiger partial charge < -0.3 is 9.64 Å². The second-order valence-corrected chi connectivity index (χ2v) is 6.80. The molecular formula is C14H26N4O3S. The minimum atomic E-state index is -0.490. The standard InChI is InChI=1S/C14H26N4O3S/c1-10(2)21-13(16-14(20)18(3)4)15-12(19)17-22-11-8-6-5-7-9-11/h10-11H,5-9H2,1-4H3,(H2,15,16,17,19,20). The van der Waals surface area contributed by atoms with Crippen molar-refractivity contribution < 1.29 is 14.3 Å². The maximum Gasteiger partial charge on any atom is 0.347 e. The van der Waals surface area contributed by atoms with E-state index in [0.717, 1.165) is 12.8 Å². The highest BCUT2D eigenvalue weighted by Crippen LogP contribution is 2.26. The van der Waals surface area contributed by atoms with Gasteiger partial charge in [-0.2, -0.15) is 0 Å². The van der Waals surface area contributed by atoms with E-state index in [1.54, 1.807) is 27.9 Å². The number of hydrogen-bond acceptors (Lipinski definition) is 4. The number of nitrogens with zero attached hydrogens (tertiary/aromatic N) is 2. The van der Waals surface area contributed by atoms with E-state index in [2.05, 4.69) is 15.0 Å². The monoisotopic (exact) mass is 330 g/mol. The van der Waals surface area contributed by atoms with E-state index in [9.17, 15) is 9.59 Å². The van der Waals surface area contributed by atoms with Crippen LogP contribution in [0.4, 0.5) is 9.59 Å². The quantitative estimate of drug-likeness (QED) is 0.473. The minimum absolute atomic E-state index is 0.0876. The van der Waals surface area contributed by atoms with Crippen molar-refractivity contribution in [1.82, 2.24) is 14.9 Å².